The highest BCUT2D eigenvalue weighted by molar-refractivity contribution is 5.75. The van der Waals surface area contributed by atoms with Gasteiger partial charge in [0.25, 0.3) is 0 Å². The van der Waals surface area contributed by atoms with E-state index in [4.69, 9.17) is 11.5 Å². The van der Waals surface area contributed by atoms with Gasteiger partial charge in [-0.25, -0.2) is 0 Å². The van der Waals surface area contributed by atoms with E-state index in [1.54, 1.807) is 0 Å². The number of amides is 1. The van der Waals surface area contributed by atoms with E-state index in [2.05, 4.69) is 0 Å². The normalized spacial score (nSPS) is 49.3. The zero-order chi connectivity index (χ0) is 7.41. The van der Waals surface area contributed by atoms with Crippen LogP contribution in [0, 0.1) is 5.41 Å². The van der Waals surface area contributed by atoms with E-state index in [0.29, 0.717) is 6.42 Å². The Balaban J connectivity index is 1.93. The van der Waals surface area contributed by atoms with Gasteiger partial charge in [-0.05, 0) is 24.7 Å². The van der Waals surface area contributed by atoms with Crippen LogP contribution in [-0.2, 0) is 4.79 Å². The zero-order valence-corrected chi connectivity index (χ0v) is 5.89. The summed E-state index contributed by atoms with van der Waals surface area (Å²) in [5, 5.41) is 0. The lowest BCUT2D eigenvalue weighted by atomic mass is 9.39. The fourth-order valence-corrected chi connectivity index (χ4v) is 2.64. The molecule has 0 atom stereocenters. The number of hydrogen-bond donors (Lipinski definition) is 2. The second-order valence-corrected chi connectivity index (χ2v) is 4.04. The van der Waals surface area contributed by atoms with Crippen LogP contribution in [-0.4, -0.2) is 11.4 Å². The van der Waals surface area contributed by atoms with E-state index < -0.39 is 0 Å². The Labute approximate surface area is 59.8 Å². The predicted molar refractivity (Wildman–Crippen MR) is 37.0 cm³/mol. The summed E-state index contributed by atoms with van der Waals surface area (Å²) in [7, 11) is 0. The molecule has 10 heavy (non-hydrogen) atoms. The molecule has 3 rings (SSSR count). The number of hydrogen-bond acceptors (Lipinski definition) is 2. The molecule has 4 N–H and O–H groups in total. The molecule has 3 aliphatic rings. The SMILES string of the molecule is NC(=O)CC12CC(N)(C1)C2. The van der Waals surface area contributed by atoms with Gasteiger partial charge < -0.3 is 11.5 Å². The highest BCUT2D eigenvalue weighted by Crippen LogP contribution is 2.67. The fraction of sp³-hybridized carbons (Fsp3) is 0.857. The first-order valence-corrected chi connectivity index (χ1v) is 3.61. The third kappa shape index (κ3) is 0.611. The molecule has 56 valence electrons. The molecule has 2 bridgehead atoms. The van der Waals surface area contributed by atoms with Crippen molar-refractivity contribution in [1.82, 2.24) is 0 Å². The van der Waals surface area contributed by atoms with Crippen LogP contribution >= 0.6 is 0 Å². The lowest BCUT2D eigenvalue weighted by molar-refractivity contribution is -0.151. The lowest BCUT2D eigenvalue weighted by Gasteiger charge is -2.69. The van der Waals surface area contributed by atoms with Crippen molar-refractivity contribution in [3.63, 3.8) is 0 Å². The molecule has 3 nitrogen and oxygen atoms in total. The van der Waals surface area contributed by atoms with Crippen LogP contribution < -0.4 is 11.5 Å². The number of carbonyl (C=O) groups is 1. The van der Waals surface area contributed by atoms with Crippen molar-refractivity contribution in [3.8, 4) is 0 Å². The fourth-order valence-electron chi connectivity index (χ4n) is 2.64. The maximum absolute atomic E-state index is 10.5. The van der Waals surface area contributed by atoms with Gasteiger partial charge in [0.2, 0.25) is 5.91 Å². The molecule has 0 heterocycles. The van der Waals surface area contributed by atoms with Crippen molar-refractivity contribution < 1.29 is 4.79 Å². The molecule has 0 aromatic heterocycles. The largest absolute Gasteiger partial charge is 0.370 e. The molecule has 0 radical (unpaired) electrons. The van der Waals surface area contributed by atoms with Crippen molar-refractivity contribution in [1.29, 1.82) is 0 Å². The quantitative estimate of drug-likeness (QED) is 0.555. The van der Waals surface area contributed by atoms with Crippen LogP contribution in [0.4, 0.5) is 0 Å². The average Bonchev–Trinajstić information content (AvgIpc) is 1.56. The molecule has 0 spiro atoms. The summed E-state index contributed by atoms with van der Waals surface area (Å²) in [4.78, 5) is 10.5. The van der Waals surface area contributed by atoms with Crippen LogP contribution in [0.15, 0.2) is 0 Å². The van der Waals surface area contributed by atoms with Crippen LogP contribution in [0.3, 0.4) is 0 Å². The third-order valence-corrected chi connectivity index (χ3v) is 2.73. The molecule has 3 heteroatoms. The minimum absolute atomic E-state index is 0.107. The van der Waals surface area contributed by atoms with Gasteiger partial charge in [0, 0.05) is 12.0 Å². The lowest BCUT2D eigenvalue weighted by Crippen LogP contribution is -2.72. The number of carbonyl (C=O) groups excluding carboxylic acids is 1. The van der Waals surface area contributed by atoms with Crippen LogP contribution in [0.5, 0.6) is 0 Å². The molecule has 0 aromatic rings. The smallest absolute Gasteiger partial charge is 0.217 e. The first kappa shape index (κ1) is 6.16. The first-order chi connectivity index (χ1) is 4.54. The van der Waals surface area contributed by atoms with Gasteiger partial charge in [-0.15, -0.1) is 0 Å². The summed E-state index contributed by atoms with van der Waals surface area (Å²) in [5.41, 5.74) is 11.2. The highest BCUT2D eigenvalue weighted by Gasteiger charge is 2.65. The molecule has 0 saturated heterocycles. The summed E-state index contributed by atoms with van der Waals surface area (Å²) in [6.07, 6.45) is 3.60. The Morgan fingerprint density at radius 3 is 2.20 bits per heavy atom. The predicted octanol–water partition coefficient (Wildman–Crippen LogP) is -0.257. The maximum atomic E-state index is 10.5. The Kier molecular flexibility index (Phi) is 0.844. The zero-order valence-electron chi connectivity index (χ0n) is 5.89. The Bertz CT molecular complexity index is 180. The van der Waals surface area contributed by atoms with Crippen molar-refractivity contribution in [2.24, 2.45) is 16.9 Å². The minimum atomic E-state index is -0.179. The summed E-state index contributed by atoms with van der Waals surface area (Å²) in [5.74, 6) is -0.179. The van der Waals surface area contributed by atoms with E-state index in [9.17, 15) is 4.79 Å². The van der Waals surface area contributed by atoms with Gasteiger partial charge in [0.15, 0.2) is 0 Å². The molecular formula is C7H12N2O. The van der Waals surface area contributed by atoms with Gasteiger partial charge in [-0.3, -0.25) is 4.79 Å². The summed E-state index contributed by atoms with van der Waals surface area (Å²) < 4.78 is 0. The molecule has 0 aliphatic heterocycles. The molecule has 0 aromatic carbocycles. The van der Waals surface area contributed by atoms with Crippen molar-refractivity contribution >= 4 is 5.91 Å². The van der Waals surface area contributed by atoms with E-state index in [-0.39, 0.29) is 16.9 Å². The molecule has 3 saturated carbocycles. The Morgan fingerprint density at radius 2 is 1.90 bits per heavy atom. The molecular weight excluding hydrogens is 128 g/mol. The molecule has 3 fully saturated rings. The van der Waals surface area contributed by atoms with E-state index in [0.717, 1.165) is 19.3 Å². The van der Waals surface area contributed by atoms with Gasteiger partial charge in [-0.2, -0.15) is 0 Å². The van der Waals surface area contributed by atoms with Crippen molar-refractivity contribution in [2.45, 2.75) is 31.2 Å². The third-order valence-electron chi connectivity index (χ3n) is 2.73. The maximum Gasteiger partial charge on any atom is 0.217 e. The summed E-state index contributed by atoms with van der Waals surface area (Å²) >= 11 is 0. The number of rotatable bonds is 2. The van der Waals surface area contributed by atoms with Gasteiger partial charge >= 0.3 is 0 Å². The average molecular weight is 140 g/mol. The second-order valence-electron chi connectivity index (χ2n) is 4.04. The Hall–Kier alpha value is -0.570. The monoisotopic (exact) mass is 140 g/mol. The summed E-state index contributed by atoms with van der Waals surface area (Å²) in [6, 6.07) is 0. The van der Waals surface area contributed by atoms with Gasteiger partial charge in [0.1, 0.15) is 0 Å². The van der Waals surface area contributed by atoms with E-state index in [1.165, 1.54) is 0 Å². The minimum Gasteiger partial charge on any atom is -0.370 e. The van der Waals surface area contributed by atoms with Crippen LogP contribution in [0.25, 0.3) is 0 Å². The number of nitrogens with two attached hydrogens (primary N) is 2. The van der Waals surface area contributed by atoms with E-state index >= 15 is 0 Å². The highest BCUT2D eigenvalue weighted by atomic mass is 16.1. The number of primary amides is 1. The van der Waals surface area contributed by atoms with Gasteiger partial charge in [-0.1, -0.05) is 0 Å². The standard InChI is InChI=1S/C7H12N2O/c8-5(10)1-6-2-7(9,3-6)4-6/h1-4,9H2,(H2,8,10). The molecule has 0 unspecified atom stereocenters. The molecule has 1 amide bonds. The summed E-state index contributed by atoms with van der Waals surface area (Å²) in [6.45, 7) is 0. The topological polar surface area (TPSA) is 69.1 Å². The molecule has 3 aliphatic carbocycles. The first-order valence-electron chi connectivity index (χ1n) is 3.61. The second kappa shape index (κ2) is 1.37. The van der Waals surface area contributed by atoms with Crippen molar-refractivity contribution in [2.75, 3.05) is 0 Å². The van der Waals surface area contributed by atoms with Crippen LogP contribution in [0.1, 0.15) is 25.7 Å². The van der Waals surface area contributed by atoms with Crippen molar-refractivity contribution in [3.05, 3.63) is 0 Å². The Morgan fingerprint density at radius 1 is 1.40 bits per heavy atom. The van der Waals surface area contributed by atoms with E-state index in [1.807, 2.05) is 0 Å². The van der Waals surface area contributed by atoms with Crippen LogP contribution in [0.2, 0.25) is 0 Å². The van der Waals surface area contributed by atoms with Gasteiger partial charge in [0.05, 0.1) is 0 Å².